The van der Waals surface area contributed by atoms with Crippen LogP contribution in [0.3, 0.4) is 0 Å². The Balaban J connectivity index is 0.000000278. The molecule has 0 aliphatic rings. The van der Waals surface area contributed by atoms with E-state index in [1.165, 1.54) is 27.3 Å². The number of hydrogen-bond acceptors (Lipinski definition) is 4. The average molecular weight is 532 g/mol. The summed E-state index contributed by atoms with van der Waals surface area (Å²) in [5.74, 6) is 6.04. The molecule has 0 saturated carbocycles. The maximum absolute atomic E-state index is 12.0. The van der Waals surface area contributed by atoms with Gasteiger partial charge in [-0.15, -0.1) is 0 Å². The molecule has 5 aromatic carbocycles. The highest BCUT2D eigenvalue weighted by atomic mass is 16.1. The number of carbonyl (C=O) groups is 1. The van der Waals surface area contributed by atoms with Crippen LogP contribution in [-0.2, 0) is 17.6 Å². The molecule has 40 heavy (non-hydrogen) atoms. The lowest BCUT2D eigenvalue weighted by Crippen LogP contribution is -2.51. The fraction of sp³-hybridized carbons (Fsp3) is 0.176. The van der Waals surface area contributed by atoms with E-state index < -0.39 is 0 Å². The molecule has 0 bridgehead atoms. The zero-order chi connectivity index (χ0) is 28.2. The Bertz CT molecular complexity index is 1570. The largest absolute Gasteiger partial charge is 0.345 e. The lowest BCUT2D eigenvalue weighted by molar-refractivity contribution is -0.120. The molecular formula is C34H37N5O. The van der Waals surface area contributed by atoms with Crippen LogP contribution in [0.25, 0.3) is 21.5 Å². The second-order valence-electron chi connectivity index (χ2n) is 9.71. The Hall–Kier alpha value is -4.52. The van der Waals surface area contributed by atoms with E-state index in [2.05, 4.69) is 108 Å². The van der Waals surface area contributed by atoms with Gasteiger partial charge < -0.3 is 16.5 Å². The van der Waals surface area contributed by atoms with Crippen LogP contribution >= 0.6 is 0 Å². The Kier molecular flexibility index (Phi) is 10.4. The molecule has 5 rings (SSSR count). The van der Waals surface area contributed by atoms with Crippen LogP contribution in [0.4, 0.5) is 0 Å². The van der Waals surface area contributed by atoms with Crippen molar-refractivity contribution in [3.63, 3.8) is 0 Å². The molecule has 6 nitrogen and oxygen atoms in total. The van der Waals surface area contributed by atoms with Crippen molar-refractivity contribution in [1.82, 2.24) is 10.7 Å². The summed E-state index contributed by atoms with van der Waals surface area (Å²) in [5, 5.41) is 7.89. The number of aryl methyl sites for hydroxylation is 1. The molecule has 5 aromatic rings. The van der Waals surface area contributed by atoms with E-state index in [9.17, 15) is 4.79 Å². The fourth-order valence-electron chi connectivity index (χ4n) is 4.59. The van der Waals surface area contributed by atoms with Gasteiger partial charge in [0, 0.05) is 6.54 Å². The number of carbonyl (C=O) groups excluding carboxylic acids is 1. The number of amides is 1. The molecule has 0 radical (unpaired) electrons. The minimum absolute atomic E-state index is 0.0872. The third kappa shape index (κ3) is 8.24. The zero-order valence-corrected chi connectivity index (χ0v) is 22.9. The average Bonchev–Trinajstić information content (AvgIpc) is 2.99. The first-order chi connectivity index (χ1) is 19.6. The van der Waals surface area contributed by atoms with Crippen molar-refractivity contribution in [2.75, 3.05) is 13.1 Å². The standard InChI is InChI=1S/C23H27N5O.C11H10/c24-16-22(29)27-21(15-18-10-11-19-8-4-5-9-20(19)14-18)23(28-25)26-13-12-17-6-2-1-3-7-17;1-9-6-7-10-4-2-3-5-11(10)8-9/h1-11,14,21H,12-13,15-16,24-25H2,(H,26,28)(H,27,29);2-8H,1H3/t21-;/m1./s1. The number of benzene rings is 5. The highest BCUT2D eigenvalue weighted by Gasteiger charge is 2.18. The molecule has 1 amide bonds. The van der Waals surface area contributed by atoms with E-state index in [0.29, 0.717) is 18.8 Å². The van der Waals surface area contributed by atoms with Crippen LogP contribution in [0.5, 0.6) is 0 Å². The van der Waals surface area contributed by atoms with Crippen LogP contribution in [0.2, 0.25) is 0 Å². The molecule has 204 valence electrons. The van der Waals surface area contributed by atoms with Gasteiger partial charge in [0.25, 0.3) is 0 Å². The molecule has 0 heterocycles. The summed E-state index contributed by atoms with van der Waals surface area (Å²) in [6, 6.07) is 39.1. The first-order valence-electron chi connectivity index (χ1n) is 13.5. The van der Waals surface area contributed by atoms with E-state index in [0.717, 1.165) is 17.4 Å². The Labute approximate surface area is 236 Å². The lowest BCUT2D eigenvalue weighted by Gasteiger charge is -2.21. The molecule has 0 unspecified atom stereocenters. The summed E-state index contributed by atoms with van der Waals surface area (Å²) in [6.07, 6.45) is 1.35. The van der Waals surface area contributed by atoms with E-state index in [1.807, 2.05) is 30.3 Å². The summed E-state index contributed by atoms with van der Waals surface area (Å²) in [5.41, 5.74) is 11.8. The summed E-state index contributed by atoms with van der Waals surface area (Å²) in [7, 11) is 0. The van der Waals surface area contributed by atoms with Crippen LogP contribution in [0, 0.1) is 6.92 Å². The third-order valence-corrected chi connectivity index (χ3v) is 6.68. The number of hydrazine groups is 1. The summed E-state index contributed by atoms with van der Waals surface area (Å²) in [4.78, 5) is 16.6. The SMILES string of the molecule is Cc1ccc2ccccc2c1.NCC(=O)N[C@H](Cc1ccc2ccccc2c1)C(=NCCc1ccccc1)NN. The minimum atomic E-state index is -0.381. The van der Waals surface area contributed by atoms with Gasteiger partial charge in [-0.3, -0.25) is 9.79 Å². The summed E-state index contributed by atoms with van der Waals surface area (Å²) >= 11 is 0. The van der Waals surface area contributed by atoms with E-state index in [1.54, 1.807) is 0 Å². The second-order valence-corrected chi connectivity index (χ2v) is 9.71. The van der Waals surface area contributed by atoms with Gasteiger partial charge in [-0.1, -0.05) is 121 Å². The molecule has 0 fully saturated rings. The number of amidine groups is 1. The van der Waals surface area contributed by atoms with Gasteiger partial charge in [0.2, 0.25) is 5.91 Å². The van der Waals surface area contributed by atoms with Crippen molar-refractivity contribution in [2.24, 2.45) is 16.6 Å². The first kappa shape index (κ1) is 28.5. The lowest BCUT2D eigenvalue weighted by atomic mass is 10.0. The van der Waals surface area contributed by atoms with Gasteiger partial charge in [-0.05, 0) is 52.4 Å². The summed E-state index contributed by atoms with van der Waals surface area (Å²) in [6.45, 7) is 2.60. The predicted molar refractivity (Wildman–Crippen MR) is 167 cm³/mol. The highest BCUT2D eigenvalue weighted by molar-refractivity contribution is 5.92. The topological polar surface area (TPSA) is 106 Å². The monoisotopic (exact) mass is 531 g/mol. The Morgan fingerprint density at radius 3 is 2.00 bits per heavy atom. The zero-order valence-electron chi connectivity index (χ0n) is 22.9. The molecule has 0 aromatic heterocycles. The Morgan fingerprint density at radius 2 is 1.35 bits per heavy atom. The number of aliphatic imine (C=N–C) groups is 1. The van der Waals surface area contributed by atoms with Crippen molar-refractivity contribution in [2.45, 2.75) is 25.8 Å². The molecular weight excluding hydrogens is 494 g/mol. The predicted octanol–water partition coefficient (Wildman–Crippen LogP) is 5.08. The van der Waals surface area contributed by atoms with Crippen LogP contribution in [0.1, 0.15) is 16.7 Å². The normalized spacial score (nSPS) is 11.9. The quantitative estimate of drug-likeness (QED) is 0.0970. The molecule has 0 aliphatic heterocycles. The van der Waals surface area contributed by atoms with Gasteiger partial charge in [0.15, 0.2) is 0 Å². The minimum Gasteiger partial charge on any atom is -0.345 e. The number of rotatable bonds is 8. The fourth-order valence-corrected chi connectivity index (χ4v) is 4.59. The highest BCUT2D eigenvalue weighted by Crippen LogP contribution is 2.17. The maximum atomic E-state index is 12.0. The van der Waals surface area contributed by atoms with Crippen LogP contribution in [0.15, 0.2) is 120 Å². The van der Waals surface area contributed by atoms with E-state index in [4.69, 9.17) is 11.6 Å². The van der Waals surface area contributed by atoms with Crippen molar-refractivity contribution in [1.29, 1.82) is 0 Å². The number of nitrogens with one attached hydrogen (secondary N) is 2. The van der Waals surface area contributed by atoms with Crippen LogP contribution < -0.4 is 22.3 Å². The smallest absolute Gasteiger partial charge is 0.234 e. The van der Waals surface area contributed by atoms with E-state index >= 15 is 0 Å². The molecule has 0 spiro atoms. The van der Waals surface area contributed by atoms with Crippen molar-refractivity contribution >= 4 is 33.3 Å². The van der Waals surface area contributed by atoms with Crippen LogP contribution in [-0.4, -0.2) is 30.9 Å². The third-order valence-electron chi connectivity index (χ3n) is 6.68. The van der Waals surface area contributed by atoms with Gasteiger partial charge in [-0.25, -0.2) is 5.84 Å². The van der Waals surface area contributed by atoms with Crippen molar-refractivity contribution < 1.29 is 4.79 Å². The van der Waals surface area contributed by atoms with Crippen molar-refractivity contribution in [3.05, 3.63) is 132 Å². The van der Waals surface area contributed by atoms with E-state index in [-0.39, 0.29) is 18.5 Å². The molecule has 1 atom stereocenters. The van der Waals surface area contributed by atoms with Gasteiger partial charge in [-0.2, -0.15) is 0 Å². The molecule has 6 heteroatoms. The second kappa shape index (κ2) is 14.6. The maximum Gasteiger partial charge on any atom is 0.234 e. The number of hydrogen-bond donors (Lipinski definition) is 4. The molecule has 0 aliphatic carbocycles. The number of nitrogens with zero attached hydrogens (tertiary/aromatic N) is 1. The summed E-state index contributed by atoms with van der Waals surface area (Å²) < 4.78 is 0. The first-order valence-corrected chi connectivity index (χ1v) is 13.5. The van der Waals surface area contributed by atoms with Gasteiger partial charge in [0.1, 0.15) is 5.84 Å². The number of fused-ring (bicyclic) bond motifs is 2. The Morgan fingerprint density at radius 1 is 0.750 bits per heavy atom. The number of nitrogens with two attached hydrogens (primary N) is 2. The van der Waals surface area contributed by atoms with Gasteiger partial charge in [0.05, 0.1) is 12.6 Å². The molecule has 6 N–H and O–H groups in total. The van der Waals surface area contributed by atoms with Crippen molar-refractivity contribution in [3.8, 4) is 0 Å². The van der Waals surface area contributed by atoms with Gasteiger partial charge >= 0.3 is 0 Å². The molecule has 0 saturated heterocycles.